The number of ketones is 1. The number of halogens is 2. The number of nitrogens with one attached hydrogen (secondary N) is 1. The zero-order chi connectivity index (χ0) is 24.2. The summed E-state index contributed by atoms with van der Waals surface area (Å²) in [5.41, 5.74) is 1.15. The fraction of sp³-hybridized carbons (Fsp3) is 0.440. The Morgan fingerprint density at radius 1 is 1.21 bits per heavy atom. The van der Waals surface area contributed by atoms with E-state index in [9.17, 15) is 18.5 Å². The lowest BCUT2D eigenvalue weighted by Gasteiger charge is -2.36. The third-order valence-corrected chi connectivity index (χ3v) is 9.81. The average Bonchev–Trinajstić information content (AvgIpc) is 3.07. The van der Waals surface area contributed by atoms with Gasteiger partial charge in [-0.05, 0) is 66.0 Å². The second-order valence-corrected chi connectivity index (χ2v) is 12.4. The fourth-order valence-corrected chi connectivity index (χ4v) is 8.00. The maximum Gasteiger partial charge on any atom is 0.233 e. The minimum atomic E-state index is -3.81. The van der Waals surface area contributed by atoms with Crippen molar-refractivity contribution in [3.8, 4) is 6.07 Å². The van der Waals surface area contributed by atoms with Gasteiger partial charge < -0.3 is 0 Å². The first-order valence-corrected chi connectivity index (χ1v) is 13.3. The summed E-state index contributed by atoms with van der Waals surface area (Å²) in [5, 5.41) is 10.6. The van der Waals surface area contributed by atoms with E-state index in [4.69, 9.17) is 23.2 Å². The highest BCUT2D eigenvalue weighted by Crippen LogP contribution is 2.64. The van der Waals surface area contributed by atoms with Crippen molar-refractivity contribution in [2.24, 2.45) is 16.7 Å². The molecular weight excluding hydrogens is 479 g/mol. The number of carbonyl (C=O) groups excluding carboxylic acids is 1. The van der Waals surface area contributed by atoms with Gasteiger partial charge in [-0.2, -0.15) is 5.26 Å². The highest BCUT2D eigenvalue weighted by molar-refractivity contribution is 7.92. The van der Waals surface area contributed by atoms with Gasteiger partial charge in [0.2, 0.25) is 10.0 Å². The van der Waals surface area contributed by atoms with E-state index in [2.05, 4.69) is 10.8 Å². The largest absolute Gasteiger partial charge is 0.299 e. The van der Waals surface area contributed by atoms with E-state index in [0.717, 1.165) is 12.0 Å². The molecule has 0 saturated heterocycles. The quantitative estimate of drug-likeness (QED) is 0.514. The van der Waals surface area contributed by atoms with Crippen LogP contribution in [0.5, 0.6) is 0 Å². The number of benzene rings is 2. The number of aryl methyl sites for hydroxylation is 1. The first kappa shape index (κ1) is 24.1. The molecule has 2 saturated carbocycles. The molecule has 33 heavy (non-hydrogen) atoms. The lowest BCUT2D eigenvalue weighted by atomic mass is 9.70. The summed E-state index contributed by atoms with van der Waals surface area (Å²) in [6, 6.07) is 12.5. The van der Waals surface area contributed by atoms with Crippen LogP contribution in [0.25, 0.3) is 0 Å². The maximum absolute atomic E-state index is 13.2. The van der Waals surface area contributed by atoms with Crippen LogP contribution < -0.4 is 4.72 Å². The van der Waals surface area contributed by atoms with Gasteiger partial charge in [0, 0.05) is 16.5 Å². The fourth-order valence-electron chi connectivity index (χ4n) is 5.65. The molecule has 2 aromatic carbocycles. The summed E-state index contributed by atoms with van der Waals surface area (Å²) in [6.07, 6.45) is 1.95. The number of anilines is 1. The summed E-state index contributed by atoms with van der Waals surface area (Å²) < 4.78 is 29.0. The molecule has 4 rings (SSSR count). The Morgan fingerprint density at radius 2 is 1.88 bits per heavy atom. The first-order chi connectivity index (χ1) is 15.4. The average molecular weight is 505 g/mol. The predicted molar refractivity (Wildman–Crippen MR) is 131 cm³/mol. The number of Topliss-reactive ketones (excluding diaryl/α,β-unsaturated/α-hetero) is 1. The highest BCUT2D eigenvalue weighted by atomic mass is 35.5. The molecule has 3 atom stereocenters. The first-order valence-electron chi connectivity index (χ1n) is 10.9. The van der Waals surface area contributed by atoms with Crippen molar-refractivity contribution in [2.75, 3.05) is 10.5 Å². The molecule has 0 aromatic heterocycles. The number of nitrogens with zero attached hydrogens (tertiary/aromatic N) is 1. The molecule has 2 bridgehead atoms. The van der Waals surface area contributed by atoms with Gasteiger partial charge in [-0.15, -0.1) is 0 Å². The molecule has 2 aliphatic rings. The Kier molecular flexibility index (Phi) is 6.05. The van der Waals surface area contributed by atoms with Gasteiger partial charge in [0.25, 0.3) is 0 Å². The Balaban J connectivity index is 1.62. The smallest absolute Gasteiger partial charge is 0.233 e. The molecule has 0 spiro atoms. The second kappa shape index (κ2) is 8.30. The van der Waals surface area contributed by atoms with Crippen molar-refractivity contribution in [3.05, 3.63) is 63.1 Å². The standard InChI is InChI=1S/C25H26Cl2N2O3S/c1-15-10-19(20(13-28)16-4-6-18(26)7-5-16)21(27)12-22(15)29-33(31,32)14-25-9-8-17(11-23(25)30)24(25,2)3/h4-7,10,12,17,20,29H,8-9,11,14H2,1-3H3. The summed E-state index contributed by atoms with van der Waals surface area (Å²) in [5.74, 6) is -0.553. The number of fused-ring (bicyclic) bond motifs is 2. The number of nitriles is 1. The van der Waals surface area contributed by atoms with Crippen LogP contribution in [-0.2, 0) is 14.8 Å². The molecule has 1 N–H and O–H groups in total. The minimum absolute atomic E-state index is 0.0547. The van der Waals surface area contributed by atoms with Gasteiger partial charge >= 0.3 is 0 Å². The Morgan fingerprint density at radius 3 is 2.42 bits per heavy atom. The summed E-state index contributed by atoms with van der Waals surface area (Å²) in [7, 11) is -3.81. The summed E-state index contributed by atoms with van der Waals surface area (Å²) in [6.45, 7) is 5.80. The van der Waals surface area contributed by atoms with Crippen molar-refractivity contribution >= 4 is 44.7 Å². The van der Waals surface area contributed by atoms with E-state index >= 15 is 0 Å². The van der Waals surface area contributed by atoms with Crippen molar-refractivity contribution in [1.82, 2.24) is 0 Å². The van der Waals surface area contributed by atoms with Crippen LogP contribution >= 0.6 is 23.2 Å². The second-order valence-electron chi connectivity index (χ2n) is 9.83. The van der Waals surface area contributed by atoms with Gasteiger partial charge in [-0.25, -0.2) is 8.42 Å². The minimum Gasteiger partial charge on any atom is -0.299 e. The molecule has 5 nitrogen and oxygen atoms in total. The summed E-state index contributed by atoms with van der Waals surface area (Å²) in [4.78, 5) is 12.8. The normalized spacial score (nSPS) is 24.5. The molecule has 2 fully saturated rings. The van der Waals surface area contributed by atoms with Crippen molar-refractivity contribution in [3.63, 3.8) is 0 Å². The van der Waals surface area contributed by atoms with E-state index in [1.54, 1.807) is 43.3 Å². The van der Waals surface area contributed by atoms with Crippen LogP contribution in [0, 0.1) is 35.0 Å². The summed E-state index contributed by atoms with van der Waals surface area (Å²) >= 11 is 12.5. The molecule has 8 heteroatoms. The SMILES string of the molecule is Cc1cc(C(C#N)c2ccc(Cl)cc2)c(Cl)cc1NS(=O)(=O)CC12CCC(CC1=O)C2(C)C. The number of hydrogen-bond donors (Lipinski definition) is 1. The molecule has 0 heterocycles. The van der Waals surface area contributed by atoms with E-state index in [1.165, 1.54) is 0 Å². The van der Waals surface area contributed by atoms with Crippen LogP contribution in [0.15, 0.2) is 36.4 Å². The molecule has 2 aromatic rings. The monoisotopic (exact) mass is 504 g/mol. The topological polar surface area (TPSA) is 87.0 Å². The highest BCUT2D eigenvalue weighted by Gasteiger charge is 2.65. The van der Waals surface area contributed by atoms with Crippen LogP contribution in [0.3, 0.4) is 0 Å². The van der Waals surface area contributed by atoms with E-state index in [1.807, 2.05) is 13.8 Å². The van der Waals surface area contributed by atoms with Crippen LogP contribution in [0.1, 0.15) is 55.7 Å². The third-order valence-electron chi connectivity index (χ3n) is 7.83. The number of sulfonamides is 1. The van der Waals surface area contributed by atoms with E-state index in [-0.39, 0.29) is 27.9 Å². The van der Waals surface area contributed by atoms with E-state index < -0.39 is 21.4 Å². The molecule has 0 radical (unpaired) electrons. The third kappa shape index (κ3) is 4.05. The van der Waals surface area contributed by atoms with E-state index in [0.29, 0.717) is 34.7 Å². The number of rotatable bonds is 6. The van der Waals surface area contributed by atoms with Crippen LogP contribution in [-0.4, -0.2) is 20.0 Å². The number of hydrogen-bond acceptors (Lipinski definition) is 4. The lowest BCUT2D eigenvalue weighted by Crippen LogP contribution is -2.43. The molecular formula is C25H26Cl2N2O3S. The Hall–Kier alpha value is -2.07. The van der Waals surface area contributed by atoms with Gasteiger partial charge in [0.1, 0.15) is 5.78 Å². The Bertz CT molecular complexity index is 1270. The zero-order valence-corrected chi connectivity index (χ0v) is 21.1. The molecule has 2 aliphatic carbocycles. The van der Waals surface area contributed by atoms with Crippen LogP contribution in [0.4, 0.5) is 5.69 Å². The molecule has 0 aliphatic heterocycles. The van der Waals surface area contributed by atoms with Crippen molar-refractivity contribution in [2.45, 2.75) is 46.0 Å². The number of carbonyl (C=O) groups is 1. The maximum atomic E-state index is 13.2. The Labute approximate surface area is 205 Å². The lowest BCUT2D eigenvalue weighted by molar-refractivity contribution is -0.128. The predicted octanol–water partition coefficient (Wildman–Crippen LogP) is 6.09. The molecule has 174 valence electrons. The molecule has 0 amide bonds. The zero-order valence-electron chi connectivity index (χ0n) is 18.8. The van der Waals surface area contributed by atoms with Gasteiger partial charge in [-0.1, -0.05) is 55.2 Å². The van der Waals surface area contributed by atoms with Gasteiger partial charge in [-0.3, -0.25) is 9.52 Å². The van der Waals surface area contributed by atoms with Crippen LogP contribution in [0.2, 0.25) is 10.0 Å². The van der Waals surface area contributed by atoms with Crippen molar-refractivity contribution in [1.29, 1.82) is 5.26 Å². The van der Waals surface area contributed by atoms with Gasteiger partial charge in [0.15, 0.2) is 0 Å². The van der Waals surface area contributed by atoms with Crippen molar-refractivity contribution < 1.29 is 13.2 Å². The molecule has 3 unspecified atom stereocenters. The van der Waals surface area contributed by atoms with Gasteiger partial charge in [0.05, 0.1) is 28.8 Å².